The quantitative estimate of drug-likeness (QED) is 0.365. The summed E-state index contributed by atoms with van der Waals surface area (Å²) in [4.78, 5) is 6.55. The Hall–Kier alpha value is -1.79. The summed E-state index contributed by atoms with van der Waals surface area (Å²) in [6, 6.07) is 8.45. The highest BCUT2D eigenvalue weighted by Crippen LogP contribution is 2.22. The number of likely N-dealkylation sites (N-methyl/N-ethyl adjacent to an activating group) is 1. The number of nitrogens with zero attached hydrogens (tertiary/aromatic N) is 2. The summed E-state index contributed by atoms with van der Waals surface area (Å²) in [5.41, 5.74) is 1.22. The number of hydrogen-bond donors (Lipinski definition) is 2. The molecule has 2 N–H and O–H groups in total. The molecule has 0 radical (unpaired) electrons. The van der Waals surface area contributed by atoms with Gasteiger partial charge in [0, 0.05) is 26.7 Å². The number of rotatable bonds is 10. The summed E-state index contributed by atoms with van der Waals surface area (Å²) in [5, 5.41) is 6.83. The first-order chi connectivity index (χ1) is 13.6. The third-order valence-corrected chi connectivity index (χ3v) is 5.31. The van der Waals surface area contributed by atoms with Gasteiger partial charge in [-0.1, -0.05) is 31.4 Å². The highest BCUT2D eigenvalue weighted by molar-refractivity contribution is 5.79. The zero-order chi connectivity index (χ0) is 20.2. The molecule has 0 aromatic heterocycles. The number of benzene rings is 1. The number of ether oxygens (including phenoxy) is 2. The van der Waals surface area contributed by atoms with Crippen LogP contribution in [0.4, 0.5) is 0 Å². The van der Waals surface area contributed by atoms with Gasteiger partial charge >= 0.3 is 0 Å². The van der Waals surface area contributed by atoms with Crippen molar-refractivity contribution >= 4 is 5.96 Å². The number of aliphatic imine (C=N–C) groups is 1. The molecule has 1 aliphatic carbocycles. The molecule has 2 rings (SSSR count). The number of hydrogen-bond acceptors (Lipinski definition) is 4. The molecular formula is C22H38N4O2. The van der Waals surface area contributed by atoms with E-state index in [1.165, 1.54) is 37.7 Å². The molecule has 1 saturated carbocycles. The van der Waals surface area contributed by atoms with Gasteiger partial charge in [-0.3, -0.25) is 4.99 Å². The molecule has 0 spiro atoms. The van der Waals surface area contributed by atoms with Gasteiger partial charge in [0.15, 0.2) is 5.96 Å². The van der Waals surface area contributed by atoms with Crippen molar-refractivity contribution in [1.29, 1.82) is 0 Å². The van der Waals surface area contributed by atoms with Gasteiger partial charge in [0.25, 0.3) is 0 Å². The minimum absolute atomic E-state index is 0.225. The summed E-state index contributed by atoms with van der Waals surface area (Å²) in [6.45, 7) is 2.44. The van der Waals surface area contributed by atoms with Crippen LogP contribution in [0.2, 0.25) is 0 Å². The van der Waals surface area contributed by atoms with Crippen LogP contribution in [-0.4, -0.2) is 64.9 Å². The predicted octanol–water partition coefficient (Wildman–Crippen LogP) is 3.20. The van der Waals surface area contributed by atoms with Crippen LogP contribution < -0.4 is 15.4 Å². The number of methoxy groups -OCH3 is 1. The van der Waals surface area contributed by atoms with E-state index in [0.717, 1.165) is 37.8 Å². The van der Waals surface area contributed by atoms with Crippen molar-refractivity contribution in [3.8, 4) is 5.75 Å². The highest BCUT2D eigenvalue weighted by atomic mass is 16.5. The van der Waals surface area contributed by atoms with Gasteiger partial charge in [-0.25, -0.2) is 0 Å². The second kappa shape index (κ2) is 12.6. The summed E-state index contributed by atoms with van der Waals surface area (Å²) in [6.07, 6.45) is 7.94. The van der Waals surface area contributed by atoms with Gasteiger partial charge in [-0.2, -0.15) is 0 Å². The fraction of sp³-hybridized carbons (Fsp3) is 0.682. The van der Waals surface area contributed by atoms with Crippen molar-refractivity contribution in [3.05, 3.63) is 29.8 Å². The Kier molecular flexibility index (Phi) is 10.1. The molecule has 1 atom stereocenters. The molecule has 0 aliphatic heterocycles. The molecular weight excluding hydrogens is 352 g/mol. The van der Waals surface area contributed by atoms with Crippen molar-refractivity contribution in [2.75, 3.05) is 47.9 Å². The van der Waals surface area contributed by atoms with Crippen LogP contribution in [0.3, 0.4) is 0 Å². The van der Waals surface area contributed by atoms with E-state index in [1.54, 1.807) is 7.11 Å². The lowest BCUT2D eigenvalue weighted by Crippen LogP contribution is -2.42. The summed E-state index contributed by atoms with van der Waals surface area (Å²) in [7, 11) is 7.69. The van der Waals surface area contributed by atoms with E-state index in [9.17, 15) is 0 Å². The third kappa shape index (κ3) is 7.68. The van der Waals surface area contributed by atoms with E-state index in [4.69, 9.17) is 9.47 Å². The molecule has 158 valence electrons. The highest BCUT2D eigenvalue weighted by Gasteiger charge is 2.16. The maximum atomic E-state index is 5.99. The van der Waals surface area contributed by atoms with Gasteiger partial charge in [0.2, 0.25) is 0 Å². The van der Waals surface area contributed by atoms with E-state index in [2.05, 4.69) is 46.8 Å². The van der Waals surface area contributed by atoms with Crippen molar-refractivity contribution in [1.82, 2.24) is 15.5 Å². The smallest absolute Gasteiger partial charge is 0.191 e. The van der Waals surface area contributed by atoms with Gasteiger partial charge in [-0.15, -0.1) is 0 Å². The van der Waals surface area contributed by atoms with Gasteiger partial charge in [-0.05, 0) is 51.1 Å². The monoisotopic (exact) mass is 390 g/mol. The summed E-state index contributed by atoms with van der Waals surface area (Å²) >= 11 is 0. The molecule has 6 nitrogen and oxygen atoms in total. The largest absolute Gasteiger partial charge is 0.497 e. The number of guanidine groups is 1. The van der Waals surface area contributed by atoms with Crippen LogP contribution in [-0.2, 0) is 4.74 Å². The second-order valence-electron chi connectivity index (χ2n) is 7.62. The van der Waals surface area contributed by atoms with Crippen molar-refractivity contribution in [2.24, 2.45) is 4.99 Å². The van der Waals surface area contributed by atoms with E-state index in [-0.39, 0.29) is 6.04 Å². The zero-order valence-electron chi connectivity index (χ0n) is 18.0. The van der Waals surface area contributed by atoms with Gasteiger partial charge in [0.1, 0.15) is 5.75 Å². The van der Waals surface area contributed by atoms with Crippen LogP contribution in [0.5, 0.6) is 5.75 Å². The maximum absolute atomic E-state index is 5.99. The Morgan fingerprint density at radius 3 is 2.68 bits per heavy atom. The molecule has 0 bridgehead atoms. The lowest BCUT2D eigenvalue weighted by Gasteiger charge is -2.26. The first-order valence-electron chi connectivity index (χ1n) is 10.5. The lowest BCUT2D eigenvalue weighted by atomic mass is 9.98. The molecule has 1 unspecified atom stereocenters. The third-order valence-electron chi connectivity index (χ3n) is 5.31. The maximum Gasteiger partial charge on any atom is 0.191 e. The van der Waals surface area contributed by atoms with E-state index in [0.29, 0.717) is 6.10 Å². The first kappa shape index (κ1) is 22.5. The Morgan fingerprint density at radius 2 is 2.00 bits per heavy atom. The van der Waals surface area contributed by atoms with E-state index >= 15 is 0 Å². The van der Waals surface area contributed by atoms with Crippen LogP contribution >= 0.6 is 0 Å². The predicted molar refractivity (Wildman–Crippen MR) is 116 cm³/mol. The molecule has 1 aliphatic rings. The van der Waals surface area contributed by atoms with Crippen LogP contribution in [0, 0.1) is 0 Å². The molecule has 6 heteroatoms. The Labute approximate surface area is 170 Å². The average molecular weight is 391 g/mol. The fourth-order valence-electron chi connectivity index (χ4n) is 3.62. The second-order valence-corrected chi connectivity index (χ2v) is 7.62. The molecule has 0 saturated heterocycles. The number of nitrogens with one attached hydrogen (secondary N) is 2. The first-order valence-corrected chi connectivity index (χ1v) is 10.5. The molecule has 1 fully saturated rings. The van der Waals surface area contributed by atoms with E-state index < -0.39 is 0 Å². The molecule has 0 amide bonds. The van der Waals surface area contributed by atoms with Gasteiger partial charge in [0.05, 0.1) is 19.3 Å². The fourth-order valence-corrected chi connectivity index (χ4v) is 3.62. The molecule has 0 heterocycles. The Bertz CT molecular complexity index is 586. The van der Waals surface area contributed by atoms with Gasteiger partial charge < -0.3 is 25.0 Å². The Balaban J connectivity index is 1.72. The van der Waals surface area contributed by atoms with Crippen molar-refractivity contribution in [2.45, 2.75) is 50.7 Å². The molecule has 1 aromatic rings. The van der Waals surface area contributed by atoms with Crippen LogP contribution in [0.1, 0.15) is 50.1 Å². The minimum atomic E-state index is 0.225. The molecule has 28 heavy (non-hydrogen) atoms. The average Bonchev–Trinajstić information content (AvgIpc) is 2.73. The van der Waals surface area contributed by atoms with Crippen molar-refractivity contribution in [3.63, 3.8) is 0 Å². The summed E-state index contributed by atoms with van der Waals surface area (Å²) < 4.78 is 11.4. The van der Waals surface area contributed by atoms with E-state index in [1.807, 2.05) is 19.2 Å². The SMILES string of the molecule is CN=C(NCCCOC1CCCCC1)NCC(c1cccc(OC)c1)N(C)C. The topological polar surface area (TPSA) is 58.1 Å². The summed E-state index contributed by atoms with van der Waals surface area (Å²) in [5.74, 6) is 1.71. The lowest BCUT2D eigenvalue weighted by molar-refractivity contribution is 0.0277. The minimum Gasteiger partial charge on any atom is -0.497 e. The Morgan fingerprint density at radius 1 is 1.21 bits per heavy atom. The zero-order valence-corrected chi connectivity index (χ0v) is 18.0. The van der Waals surface area contributed by atoms with Crippen LogP contribution in [0.25, 0.3) is 0 Å². The normalized spacial score (nSPS) is 16.8. The molecule has 1 aromatic carbocycles. The standard InChI is InChI=1S/C22H38N4O2/c1-23-22(24-14-9-15-28-19-11-6-5-7-12-19)25-17-21(26(2)3)18-10-8-13-20(16-18)27-4/h8,10,13,16,19,21H,5-7,9,11-12,14-15,17H2,1-4H3,(H2,23,24,25). The van der Waals surface area contributed by atoms with Crippen LogP contribution in [0.15, 0.2) is 29.3 Å². The van der Waals surface area contributed by atoms with Crippen molar-refractivity contribution < 1.29 is 9.47 Å².